The molecule has 2 amide bonds. The number of nitrogens with zero attached hydrogens (tertiary/aromatic N) is 1. The molecular formula is C20H23FN2O2. The van der Waals surface area contributed by atoms with Crippen LogP contribution in [0.15, 0.2) is 48.5 Å². The third-order valence-corrected chi connectivity index (χ3v) is 3.75. The zero-order valence-corrected chi connectivity index (χ0v) is 15.0. The Hall–Kier alpha value is -2.69. The van der Waals surface area contributed by atoms with Crippen molar-refractivity contribution in [2.45, 2.75) is 27.7 Å². The molecule has 5 heteroatoms. The van der Waals surface area contributed by atoms with Crippen molar-refractivity contribution in [3.05, 3.63) is 59.9 Å². The van der Waals surface area contributed by atoms with E-state index in [1.165, 1.54) is 12.1 Å². The smallest absolute Gasteiger partial charge is 0.258 e. The Balaban J connectivity index is 2.25. The van der Waals surface area contributed by atoms with Gasteiger partial charge in [-0.2, -0.15) is 0 Å². The fourth-order valence-corrected chi connectivity index (χ4v) is 2.27. The highest BCUT2D eigenvalue weighted by Crippen LogP contribution is 2.21. The second kappa shape index (κ2) is 7.47. The van der Waals surface area contributed by atoms with Gasteiger partial charge in [0.05, 0.1) is 0 Å². The molecule has 2 aromatic rings. The first-order chi connectivity index (χ1) is 11.7. The lowest BCUT2D eigenvalue weighted by Crippen LogP contribution is -2.31. The van der Waals surface area contributed by atoms with E-state index in [4.69, 9.17) is 0 Å². The van der Waals surface area contributed by atoms with E-state index in [-0.39, 0.29) is 17.6 Å². The topological polar surface area (TPSA) is 49.4 Å². The highest BCUT2D eigenvalue weighted by Gasteiger charge is 2.22. The molecule has 0 radical (unpaired) electrons. The van der Waals surface area contributed by atoms with E-state index in [0.717, 1.165) is 0 Å². The molecule has 0 bridgehead atoms. The third kappa shape index (κ3) is 4.66. The predicted molar refractivity (Wildman–Crippen MR) is 98.3 cm³/mol. The summed E-state index contributed by atoms with van der Waals surface area (Å²) in [6.07, 6.45) is 0. The number of halogens is 1. The third-order valence-electron chi connectivity index (χ3n) is 3.75. The minimum absolute atomic E-state index is 0.122. The van der Waals surface area contributed by atoms with Gasteiger partial charge < -0.3 is 10.2 Å². The fourth-order valence-electron chi connectivity index (χ4n) is 2.27. The number of hydrogen-bond acceptors (Lipinski definition) is 2. The van der Waals surface area contributed by atoms with Gasteiger partial charge in [-0.3, -0.25) is 9.59 Å². The minimum Gasteiger partial charge on any atom is -0.326 e. The van der Waals surface area contributed by atoms with Crippen molar-refractivity contribution in [3.8, 4) is 0 Å². The Labute approximate surface area is 147 Å². The van der Waals surface area contributed by atoms with Crippen molar-refractivity contribution in [2.24, 2.45) is 5.41 Å². The second-order valence-corrected chi connectivity index (χ2v) is 6.81. The monoisotopic (exact) mass is 342 g/mol. The first-order valence-corrected chi connectivity index (χ1v) is 8.21. The molecule has 0 aromatic heterocycles. The summed E-state index contributed by atoms with van der Waals surface area (Å²) in [6.45, 7) is 7.77. The number of carbonyl (C=O) groups excluding carboxylic acids is 2. The molecule has 0 fully saturated rings. The average molecular weight is 342 g/mol. The molecule has 2 rings (SSSR count). The molecule has 132 valence electrons. The van der Waals surface area contributed by atoms with Gasteiger partial charge in [0, 0.05) is 28.9 Å². The summed E-state index contributed by atoms with van der Waals surface area (Å²) in [6, 6.07) is 12.6. The highest BCUT2D eigenvalue weighted by molar-refractivity contribution is 6.07. The first-order valence-electron chi connectivity index (χ1n) is 8.21. The Morgan fingerprint density at radius 1 is 1.08 bits per heavy atom. The maximum Gasteiger partial charge on any atom is 0.258 e. The SMILES string of the molecule is CCN(C(=O)c1cccc(NC(=O)C(C)(C)C)c1)c1ccc(F)cc1. The summed E-state index contributed by atoms with van der Waals surface area (Å²) in [7, 11) is 0. The van der Waals surface area contributed by atoms with Crippen molar-refractivity contribution < 1.29 is 14.0 Å². The van der Waals surface area contributed by atoms with Crippen LogP contribution < -0.4 is 10.2 Å². The van der Waals surface area contributed by atoms with Crippen molar-refractivity contribution in [1.82, 2.24) is 0 Å². The molecular weight excluding hydrogens is 319 g/mol. The summed E-state index contributed by atoms with van der Waals surface area (Å²) in [5.74, 6) is -0.678. The number of carbonyl (C=O) groups is 2. The Bertz CT molecular complexity index is 764. The van der Waals surface area contributed by atoms with Gasteiger partial charge in [0.15, 0.2) is 0 Å². The Morgan fingerprint density at radius 3 is 2.28 bits per heavy atom. The summed E-state index contributed by atoms with van der Waals surface area (Å²) in [4.78, 5) is 26.5. The number of benzene rings is 2. The van der Waals surface area contributed by atoms with Crippen molar-refractivity contribution >= 4 is 23.2 Å². The maximum atomic E-state index is 13.1. The van der Waals surface area contributed by atoms with Gasteiger partial charge in [0.2, 0.25) is 5.91 Å². The van der Waals surface area contributed by atoms with E-state index < -0.39 is 5.41 Å². The van der Waals surface area contributed by atoms with Crippen molar-refractivity contribution in [1.29, 1.82) is 0 Å². The molecule has 0 unspecified atom stereocenters. The molecule has 0 heterocycles. The van der Waals surface area contributed by atoms with Crippen molar-refractivity contribution in [2.75, 3.05) is 16.8 Å². The molecule has 0 spiro atoms. The lowest BCUT2D eigenvalue weighted by molar-refractivity contribution is -0.123. The van der Waals surface area contributed by atoms with Crippen LogP contribution in [0.5, 0.6) is 0 Å². The summed E-state index contributed by atoms with van der Waals surface area (Å²) in [5.41, 5.74) is 1.13. The number of anilines is 2. The van der Waals surface area contributed by atoms with Crippen LogP contribution in [0.2, 0.25) is 0 Å². The van der Waals surface area contributed by atoms with E-state index in [9.17, 15) is 14.0 Å². The van der Waals surface area contributed by atoms with Crippen LogP contribution in [0.25, 0.3) is 0 Å². The van der Waals surface area contributed by atoms with Crippen LogP contribution in [-0.2, 0) is 4.79 Å². The van der Waals surface area contributed by atoms with Crippen LogP contribution in [-0.4, -0.2) is 18.4 Å². The van der Waals surface area contributed by atoms with Crippen molar-refractivity contribution in [3.63, 3.8) is 0 Å². The number of rotatable bonds is 4. The van der Waals surface area contributed by atoms with Crippen LogP contribution >= 0.6 is 0 Å². The number of nitrogens with one attached hydrogen (secondary N) is 1. The van der Waals surface area contributed by atoms with E-state index in [1.54, 1.807) is 41.3 Å². The summed E-state index contributed by atoms with van der Waals surface area (Å²) >= 11 is 0. The Kier molecular flexibility index (Phi) is 5.57. The molecule has 0 saturated carbocycles. The molecule has 0 aliphatic heterocycles. The van der Waals surface area contributed by atoms with Gasteiger partial charge in [-0.15, -0.1) is 0 Å². The van der Waals surface area contributed by atoms with Gasteiger partial charge in [-0.1, -0.05) is 26.8 Å². The van der Waals surface area contributed by atoms with Gasteiger partial charge in [0.1, 0.15) is 5.82 Å². The van der Waals surface area contributed by atoms with Gasteiger partial charge in [0.25, 0.3) is 5.91 Å². The van der Waals surface area contributed by atoms with Gasteiger partial charge >= 0.3 is 0 Å². The second-order valence-electron chi connectivity index (χ2n) is 6.81. The molecule has 2 aromatic carbocycles. The van der Waals surface area contributed by atoms with Crippen LogP contribution in [0, 0.1) is 11.2 Å². The molecule has 0 aliphatic rings. The van der Waals surface area contributed by atoms with Crippen LogP contribution in [0.4, 0.5) is 15.8 Å². The summed E-state index contributed by atoms with van der Waals surface area (Å²) in [5, 5.41) is 2.82. The number of hydrogen-bond donors (Lipinski definition) is 1. The Morgan fingerprint density at radius 2 is 1.72 bits per heavy atom. The van der Waals surface area contributed by atoms with Crippen LogP contribution in [0.3, 0.4) is 0 Å². The molecule has 4 nitrogen and oxygen atoms in total. The minimum atomic E-state index is -0.524. The molecule has 0 saturated heterocycles. The quantitative estimate of drug-likeness (QED) is 0.891. The van der Waals surface area contributed by atoms with E-state index >= 15 is 0 Å². The molecule has 25 heavy (non-hydrogen) atoms. The zero-order chi connectivity index (χ0) is 18.6. The normalized spacial score (nSPS) is 11.1. The maximum absolute atomic E-state index is 13.1. The van der Waals surface area contributed by atoms with E-state index in [2.05, 4.69) is 5.32 Å². The van der Waals surface area contributed by atoms with E-state index in [0.29, 0.717) is 23.5 Å². The standard InChI is InChI=1S/C20H23FN2O2/c1-5-23(17-11-9-15(21)10-12-17)18(24)14-7-6-8-16(13-14)22-19(25)20(2,3)4/h6-13H,5H2,1-4H3,(H,22,25). The van der Waals surface area contributed by atoms with Gasteiger partial charge in [-0.25, -0.2) is 4.39 Å². The van der Waals surface area contributed by atoms with E-state index in [1.807, 2.05) is 27.7 Å². The van der Waals surface area contributed by atoms with Gasteiger partial charge in [-0.05, 0) is 49.4 Å². The zero-order valence-electron chi connectivity index (χ0n) is 15.0. The summed E-state index contributed by atoms with van der Waals surface area (Å²) < 4.78 is 13.1. The molecule has 0 atom stereocenters. The number of amides is 2. The average Bonchev–Trinajstić information content (AvgIpc) is 2.56. The fraction of sp³-hybridized carbons (Fsp3) is 0.300. The highest BCUT2D eigenvalue weighted by atomic mass is 19.1. The predicted octanol–water partition coefficient (Wildman–Crippen LogP) is 4.48. The lowest BCUT2D eigenvalue weighted by atomic mass is 9.95. The first kappa shape index (κ1) is 18.6. The lowest BCUT2D eigenvalue weighted by Gasteiger charge is -2.22. The largest absolute Gasteiger partial charge is 0.326 e. The van der Waals surface area contributed by atoms with Crippen LogP contribution in [0.1, 0.15) is 38.1 Å². The molecule has 1 N–H and O–H groups in total. The molecule has 0 aliphatic carbocycles.